The molecule has 3 aromatic carbocycles. The summed E-state index contributed by atoms with van der Waals surface area (Å²) in [4.78, 5) is 0. The maximum Gasteiger partial charge on any atom is 0.203 e. The van der Waals surface area contributed by atoms with Crippen molar-refractivity contribution in [2.75, 3.05) is 13.2 Å². The van der Waals surface area contributed by atoms with Crippen LogP contribution in [0.2, 0.25) is 10.0 Å². The number of rotatable bonds is 9. The summed E-state index contributed by atoms with van der Waals surface area (Å²) in [7, 11) is 0. The summed E-state index contributed by atoms with van der Waals surface area (Å²) in [6.07, 6.45) is 0.786. The molecule has 0 spiro atoms. The first kappa shape index (κ1) is 21.3. The molecule has 0 saturated carbocycles. The van der Waals surface area contributed by atoms with E-state index in [4.69, 9.17) is 38.1 Å². The second-order valence-electron chi connectivity index (χ2n) is 7.07. The zero-order chi connectivity index (χ0) is 21.6. The maximum absolute atomic E-state index is 8.71. The highest BCUT2D eigenvalue weighted by molar-refractivity contribution is 6.30. The number of ether oxygens (including phenoxy) is 2. The molecule has 0 radical (unpaired) electrons. The van der Waals surface area contributed by atoms with Crippen LogP contribution in [-0.2, 0) is 13.1 Å². The van der Waals surface area contributed by atoms with Crippen molar-refractivity contribution in [2.24, 2.45) is 0 Å². The summed E-state index contributed by atoms with van der Waals surface area (Å²) in [5, 5.41) is 10.1. The normalized spacial score (nSPS) is 11.0. The van der Waals surface area contributed by atoms with Gasteiger partial charge in [-0.05, 0) is 67.1 Å². The van der Waals surface area contributed by atoms with E-state index in [2.05, 4.69) is 0 Å². The van der Waals surface area contributed by atoms with Crippen molar-refractivity contribution >= 4 is 34.2 Å². The first-order valence-corrected chi connectivity index (χ1v) is 10.9. The summed E-state index contributed by atoms with van der Waals surface area (Å²) in [5.74, 6) is 1.56. The predicted molar refractivity (Wildman–Crippen MR) is 124 cm³/mol. The molecular formula is C24H23Cl2N3O2. The van der Waals surface area contributed by atoms with Gasteiger partial charge in [0.1, 0.15) is 18.1 Å². The molecule has 0 atom stereocenters. The molecule has 0 saturated heterocycles. The SMILES string of the molecule is N=c1n(CCCOc2ccc(Cl)cc2)c2ccccc2n1CCOc1ccc(Cl)cc1. The van der Waals surface area contributed by atoms with Gasteiger partial charge in [-0.1, -0.05) is 35.3 Å². The highest BCUT2D eigenvalue weighted by Crippen LogP contribution is 2.18. The summed E-state index contributed by atoms with van der Waals surface area (Å²) in [6, 6.07) is 22.7. The number of imidazole rings is 1. The van der Waals surface area contributed by atoms with Crippen molar-refractivity contribution < 1.29 is 9.47 Å². The van der Waals surface area contributed by atoms with Gasteiger partial charge in [0, 0.05) is 16.6 Å². The Morgan fingerprint density at radius 1 is 0.645 bits per heavy atom. The van der Waals surface area contributed by atoms with Gasteiger partial charge in [0.25, 0.3) is 0 Å². The molecule has 31 heavy (non-hydrogen) atoms. The number of aryl methyl sites for hydroxylation is 1. The van der Waals surface area contributed by atoms with E-state index in [1.165, 1.54) is 0 Å². The molecular weight excluding hydrogens is 433 g/mol. The lowest BCUT2D eigenvalue weighted by Gasteiger charge is -2.08. The van der Waals surface area contributed by atoms with E-state index < -0.39 is 0 Å². The maximum atomic E-state index is 8.71. The van der Waals surface area contributed by atoms with Gasteiger partial charge in [0.05, 0.1) is 24.2 Å². The van der Waals surface area contributed by atoms with Crippen LogP contribution in [0.1, 0.15) is 6.42 Å². The fourth-order valence-corrected chi connectivity index (χ4v) is 3.73. The van der Waals surface area contributed by atoms with Crippen LogP contribution in [0.5, 0.6) is 11.5 Å². The molecule has 0 aliphatic heterocycles. The van der Waals surface area contributed by atoms with Gasteiger partial charge < -0.3 is 18.6 Å². The topological polar surface area (TPSA) is 52.2 Å². The van der Waals surface area contributed by atoms with Crippen LogP contribution in [0.15, 0.2) is 72.8 Å². The lowest BCUT2D eigenvalue weighted by molar-refractivity contribution is 0.292. The fourth-order valence-electron chi connectivity index (χ4n) is 3.48. The van der Waals surface area contributed by atoms with Gasteiger partial charge in [-0.2, -0.15) is 0 Å². The van der Waals surface area contributed by atoms with Gasteiger partial charge in [-0.25, -0.2) is 0 Å². The minimum absolute atomic E-state index is 0.451. The molecule has 0 aliphatic carbocycles. The van der Waals surface area contributed by atoms with Crippen LogP contribution in [0, 0.1) is 5.41 Å². The Hall–Kier alpha value is -2.89. The van der Waals surface area contributed by atoms with E-state index in [0.29, 0.717) is 42.0 Å². The lowest BCUT2D eigenvalue weighted by atomic mass is 10.3. The number of aromatic nitrogens is 2. The van der Waals surface area contributed by atoms with Crippen LogP contribution in [0.25, 0.3) is 11.0 Å². The molecule has 1 heterocycles. The molecule has 0 unspecified atom stereocenters. The number of nitrogens with one attached hydrogen (secondary N) is 1. The second-order valence-corrected chi connectivity index (χ2v) is 7.95. The highest BCUT2D eigenvalue weighted by atomic mass is 35.5. The van der Waals surface area contributed by atoms with Gasteiger partial charge in [-0.3, -0.25) is 5.41 Å². The number of hydrogen-bond donors (Lipinski definition) is 1. The zero-order valence-electron chi connectivity index (χ0n) is 16.9. The van der Waals surface area contributed by atoms with Gasteiger partial charge in [0.15, 0.2) is 0 Å². The van der Waals surface area contributed by atoms with Crippen LogP contribution in [-0.4, -0.2) is 22.3 Å². The van der Waals surface area contributed by atoms with Crippen molar-refractivity contribution in [2.45, 2.75) is 19.5 Å². The molecule has 7 heteroatoms. The summed E-state index contributed by atoms with van der Waals surface area (Å²) in [5.41, 5.74) is 2.50. The van der Waals surface area contributed by atoms with Crippen molar-refractivity contribution in [1.82, 2.24) is 9.13 Å². The van der Waals surface area contributed by atoms with Crippen LogP contribution in [0.4, 0.5) is 0 Å². The van der Waals surface area contributed by atoms with Crippen molar-refractivity contribution in [1.29, 1.82) is 5.41 Å². The van der Waals surface area contributed by atoms with E-state index in [-0.39, 0.29) is 0 Å². The van der Waals surface area contributed by atoms with E-state index in [9.17, 15) is 0 Å². The quantitative estimate of drug-likeness (QED) is 0.325. The number of hydrogen-bond acceptors (Lipinski definition) is 3. The molecule has 4 rings (SSSR count). The Bertz CT molecular complexity index is 1200. The van der Waals surface area contributed by atoms with E-state index >= 15 is 0 Å². The number of para-hydroxylation sites is 2. The average molecular weight is 456 g/mol. The van der Waals surface area contributed by atoms with Gasteiger partial charge in [-0.15, -0.1) is 0 Å². The smallest absolute Gasteiger partial charge is 0.203 e. The molecule has 0 fully saturated rings. The third-order valence-electron chi connectivity index (χ3n) is 4.98. The predicted octanol–water partition coefficient (Wildman–Crippen LogP) is 5.78. The monoisotopic (exact) mass is 455 g/mol. The van der Waals surface area contributed by atoms with E-state index in [0.717, 1.165) is 29.0 Å². The van der Waals surface area contributed by atoms with Crippen LogP contribution in [0.3, 0.4) is 0 Å². The number of fused-ring (bicyclic) bond motifs is 1. The van der Waals surface area contributed by atoms with Crippen molar-refractivity contribution in [3.8, 4) is 11.5 Å². The summed E-state index contributed by atoms with van der Waals surface area (Å²) >= 11 is 11.8. The Balaban J connectivity index is 1.41. The van der Waals surface area contributed by atoms with Crippen LogP contribution >= 0.6 is 23.2 Å². The minimum Gasteiger partial charge on any atom is -0.494 e. The van der Waals surface area contributed by atoms with Gasteiger partial charge >= 0.3 is 0 Å². The summed E-state index contributed by atoms with van der Waals surface area (Å²) < 4.78 is 15.6. The molecule has 0 aliphatic rings. The molecule has 1 N–H and O–H groups in total. The Kier molecular flexibility index (Phi) is 6.85. The molecule has 4 aromatic rings. The third kappa shape index (κ3) is 5.24. The molecule has 0 bridgehead atoms. The number of benzene rings is 3. The van der Waals surface area contributed by atoms with Crippen molar-refractivity contribution in [3.63, 3.8) is 0 Å². The van der Waals surface area contributed by atoms with Gasteiger partial charge in [0.2, 0.25) is 5.62 Å². The summed E-state index contributed by atoms with van der Waals surface area (Å²) in [6.45, 7) is 2.30. The Morgan fingerprint density at radius 2 is 1.13 bits per heavy atom. The first-order chi connectivity index (χ1) is 15.1. The molecule has 5 nitrogen and oxygen atoms in total. The lowest BCUT2D eigenvalue weighted by Crippen LogP contribution is -2.27. The van der Waals surface area contributed by atoms with E-state index in [1.54, 1.807) is 12.1 Å². The third-order valence-corrected chi connectivity index (χ3v) is 5.48. The number of nitrogens with zero attached hydrogens (tertiary/aromatic N) is 2. The zero-order valence-corrected chi connectivity index (χ0v) is 18.4. The second kappa shape index (κ2) is 9.94. The Labute approximate surface area is 190 Å². The van der Waals surface area contributed by atoms with Crippen molar-refractivity contribution in [3.05, 3.63) is 88.5 Å². The van der Waals surface area contributed by atoms with E-state index in [1.807, 2.05) is 69.8 Å². The average Bonchev–Trinajstić information content (AvgIpc) is 3.05. The molecule has 1 aromatic heterocycles. The fraction of sp³-hybridized carbons (Fsp3) is 0.208. The largest absolute Gasteiger partial charge is 0.494 e. The molecule has 0 amide bonds. The minimum atomic E-state index is 0.451. The van der Waals surface area contributed by atoms with Crippen LogP contribution < -0.4 is 15.1 Å². The number of halogens is 2. The highest BCUT2D eigenvalue weighted by Gasteiger charge is 2.10. The molecule has 160 valence electrons. The standard InChI is InChI=1S/C24H23Cl2N3O2/c25-18-6-10-20(11-7-18)30-16-3-14-28-22-4-1-2-5-23(22)29(24(28)27)15-17-31-21-12-8-19(26)9-13-21/h1-2,4-13,27H,3,14-17H2. The Morgan fingerprint density at radius 3 is 1.68 bits per heavy atom. The first-order valence-electron chi connectivity index (χ1n) is 10.1.